The Morgan fingerprint density at radius 2 is 2.17 bits per heavy atom. The van der Waals surface area contributed by atoms with E-state index in [1.807, 2.05) is 6.92 Å². The van der Waals surface area contributed by atoms with Crippen LogP contribution in [0.3, 0.4) is 0 Å². The number of hydrogen-bond acceptors (Lipinski definition) is 2. The molecule has 1 fully saturated rings. The maximum Gasteiger partial charge on any atom is 0.306 e. The van der Waals surface area contributed by atoms with Gasteiger partial charge in [0, 0.05) is 0 Å². The maximum atomic E-state index is 10.6. The van der Waals surface area contributed by atoms with Crippen LogP contribution in [0.2, 0.25) is 0 Å². The van der Waals surface area contributed by atoms with Crippen molar-refractivity contribution in [2.24, 2.45) is 11.8 Å². The molecule has 3 heteroatoms. The second-order valence-corrected chi connectivity index (χ2v) is 3.58. The van der Waals surface area contributed by atoms with Crippen LogP contribution in [-0.4, -0.2) is 22.3 Å². The van der Waals surface area contributed by atoms with Crippen molar-refractivity contribution in [3.05, 3.63) is 0 Å². The van der Waals surface area contributed by atoms with Crippen molar-refractivity contribution < 1.29 is 15.0 Å². The Morgan fingerprint density at radius 1 is 1.50 bits per heavy atom. The lowest BCUT2D eigenvalue weighted by atomic mass is 9.78. The molecule has 0 spiro atoms. The minimum atomic E-state index is -0.708. The Balaban J connectivity index is 2.49. The summed E-state index contributed by atoms with van der Waals surface area (Å²) in [5.74, 6) is -0.737. The Hall–Kier alpha value is -0.570. The summed E-state index contributed by atoms with van der Waals surface area (Å²) in [6, 6.07) is 0. The average Bonchev–Trinajstić information content (AvgIpc) is 2.05. The molecule has 3 atom stereocenters. The lowest BCUT2D eigenvalue weighted by Gasteiger charge is -2.30. The Bertz CT molecular complexity index is 167. The molecular formula is C9H16O3. The Morgan fingerprint density at radius 3 is 2.67 bits per heavy atom. The van der Waals surface area contributed by atoms with E-state index >= 15 is 0 Å². The molecule has 0 saturated heterocycles. The van der Waals surface area contributed by atoms with Gasteiger partial charge in [-0.2, -0.15) is 0 Å². The number of aliphatic carboxylic acids is 1. The number of hydrogen-bond donors (Lipinski definition) is 2. The van der Waals surface area contributed by atoms with E-state index in [1.165, 1.54) is 0 Å². The predicted molar refractivity (Wildman–Crippen MR) is 44.8 cm³/mol. The fraction of sp³-hybridized carbons (Fsp3) is 0.889. The van der Waals surface area contributed by atoms with E-state index in [9.17, 15) is 9.90 Å². The number of carbonyl (C=O) groups is 1. The van der Waals surface area contributed by atoms with Gasteiger partial charge in [-0.05, 0) is 25.2 Å². The summed E-state index contributed by atoms with van der Waals surface area (Å²) in [6.45, 7) is 2.00. The van der Waals surface area contributed by atoms with Crippen LogP contribution in [0, 0.1) is 11.8 Å². The molecule has 0 amide bonds. The second-order valence-electron chi connectivity index (χ2n) is 3.58. The number of aliphatic hydroxyl groups is 1. The third-order valence-electron chi connectivity index (χ3n) is 2.82. The van der Waals surface area contributed by atoms with E-state index in [-0.39, 0.29) is 17.9 Å². The highest BCUT2D eigenvalue weighted by atomic mass is 16.4. The van der Waals surface area contributed by atoms with E-state index in [2.05, 4.69) is 0 Å². The molecule has 0 bridgehead atoms. The lowest BCUT2D eigenvalue weighted by molar-refractivity contribution is -0.144. The highest BCUT2D eigenvalue weighted by Crippen LogP contribution is 2.31. The van der Waals surface area contributed by atoms with E-state index in [0.717, 1.165) is 6.42 Å². The summed E-state index contributed by atoms with van der Waals surface area (Å²) in [4.78, 5) is 10.6. The fourth-order valence-electron chi connectivity index (χ4n) is 1.91. The zero-order valence-corrected chi connectivity index (χ0v) is 7.36. The lowest BCUT2D eigenvalue weighted by Crippen LogP contribution is -2.32. The molecule has 1 aliphatic rings. The Kier molecular flexibility index (Phi) is 3.09. The van der Waals surface area contributed by atoms with Gasteiger partial charge in [0.1, 0.15) is 0 Å². The minimum Gasteiger partial charge on any atom is -0.481 e. The smallest absolute Gasteiger partial charge is 0.306 e. The van der Waals surface area contributed by atoms with Crippen LogP contribution in [0.5, 0.6) is 0 Å². The predicted octanol–water partition coefficient (Wildman–Crippen LogP) is 1.26. The summed E-state index contributed by atoms with van der Waals surface area (Å²) >= 11 is 0. The number of carboxylic acid groups (broad SMARTS) is 1. The molecule has 70 valence electrons. The fourth-order valence-corrected chi connectivity index (χ4v) is 1.91. The van der Waals surface area contributed by atoms with Gasteiger partial charge in [0.25, 0.3) is 0 Å². The molecule has 3 unspecified atom stereocenters. The first-order valence-electron chi connectivity index (χ1n) is 4.56. The summed E-state index contributed by atoms with van der Waals surface area (Å²) in [6.07, 6.45) is 2.53. The average molecular weight is 172 g/mol. The van der Waals surface area contributed by atoms with Gasteiger partial charge in [0.15, 0.2) is 0 Å². The minimum absolute atomic E-state index is 0.194. The zero-order valence-electron chi connectivity index (χ0n) is 7.36. The van der Waals surface area contributed by atoms with Gasteiger partial charge < -0.3 is 10.2 Å². The van der Waals surface area contributed by atoms with Crippen LogP contribution in [0.4, 0.5) is 0 Å². The van der Waals surface area contributed by atoms with E-state index in [4.69, 9.17) is 5.11 Å². The molecule has 1 rings (SSSR count). The van der Waals surface area contributed by atoms with Crippen LogP contribution in [0.15, 0.2) is 0 Å². The molecule has 3 nitrogen and oxygen atoms in total. The molecule has 0 aromatic heterocycles. The molecule has 0 aliphatic heterocycles. The largest absolute Gasteiger partial charge is 0.481 e. The van der Waals surface area contributed by atoms with Crippen molar-refractivity contribution in [2.75, 3.05) is 0 Å². The third kappa shape index (κ3) is 1.97. The molecule has 0 radical (unpaired) electrons. The van der Waals surface area contributed by atoms with Gasteiger partial charge in [0.2, 0.25) is 0 Å². The van der Waals surface area contributed by atoms with E-state index in [0.29, 0.717) is 19.3 Å². The van der Waals surface area contributed by atoms with Crippen LogP contribution in [0.1, 0.15) is 32.6 Å². The quantitative estimate of drug-likeness (QED) is 0.659. The van der Waals surface area contributed by atoms with Crippen molar-refractivity contribution in [2.45, 2.75) is 38.7 Å². The summed E-state index contributed by atoms with van der Waals surface area (Å²) < 4.78 is 0. The van der Waals surface area contributed by atoms with Crippen molar-refractivity contribution in [3.8, 4) is 0 Å². The van der Waals surface area contributed by atoms with Crippen LogP contribution >= 0.6 is 0 Å². The SMILES string of the molecule is CCC1CC(C(=O)O)CCC1O. The third-order valence-corrected chi connectivity index (χ3v) is 2.82. The summed E-state index contributed by atoms with van der Waals surface area (Å²) in [5, 5.41) is 18.2. The van der Waals surface area contributed by atoms with Crippen LogP contribution in [0.25, 0.3) is 0 Å². The van der Waals surface area contributed by atoms with E-state index < -0.39 is 5.97 Å². The molecule has 0 heterocycles. The van der Waals surface area contributed by atoms with Crippen LogP contribution < -0.4 is 0 Å². The van der Waals surface area contributed by atoms with Crippen molar-refractivity contribution in [1.82, 2.24) is 0 Å². The molecule has 2 N–H and O–H groups in total. The first-order chi connectivity index (χ1) is 5.65. The molecular weight excluding hydrogens is 156 g/mol. The monoisotopic (exact) mass is 172 g/mol. The molecule has 1 saturated carbocycles. The first kappa shape index (κ1) is 9.52. The molecule has 0 aromatic rings. The first-order valence-corrected chi connectivity index (χ1v) is 4.56. The molecule has 0 aromatic carbocycles. The number of rotatable bonds is 2. The van der Waals surface area contributed by atoms with Gasteiger partial charge in [-0.15, -0.1) is 0 Å². The zero-order chi connectivity index (χ0) is 9.14. The second kappa shape index (κ2) is 3.90. The summed E-state index contributed by atoms with van der Waals surface area (Å²) in [7, 11) is 0. The molecule has 12 heavy (non-hydrogen) atoms. The van der Waals surface area contributed by atoms with Crippen LogP contribution in [-0.2, 0) is 4.79 Å². The van der Waals surface area contributed by atoms with Gasteiger partial charge >= 0.3 is 5.97 Å². The standard InChI is InChI=1S/C9H16O3/c1-2-6-5-7(9(11)12)3-4-8(6)10/h6-8,10H,2-5H2,1H3,(H,11,12). The Labute approximate surface area is 72.4 Å². The maximum absolute atomic E-state index is 10.6. The van der Waals surface area contributed by atoms with Crippen molar-refractivity contribution in [1.29, 1.82) is 0 Å². The van der Waals surface area contributed by atoms with Gasteiger partial charge in [0.05, 0.1) is 12.0 Å². The van der Waals surface area contributed by atoms with Gasteiger partial charge in [-0.25, -0.2) is 0 Å². The highest BCUT2D eigenvalue weighted by Gasteiger charge is 2.31. The number of aliphatic hydroxyl groups excluding tert-OH is 1. The van der Waals surface area contributed by atoms with E-state index in [1.54, 1.807) is 0 Å². The topological polar surface area (TPSA) is 57.5 Å². The normalized spacial score (nSPS) is 36.3. The van der Waals surface area contributed by atoms with Gasteiger partial charge in [-0.3, -0.25) is 4.79 Å². The highest BCUT2D eigenvalue weighted by molar-refractivity contribution is 5.70. The molecule has 1 aliphatic carbocycles. The number of carboxylic acids is 1. The van der Waals surface area contributed by atoms with Crippen molar-refractivity contribution in [3.63, 3.8) is 0 Å². The van der Waals surface area contributed by atoms with Crippen molar-refractivity contribution >= 4 is 5.97 Å². The van der Waals surface area contributed by atoms with Gasteiger partial charge in [-0.1, -0.05) is 13.3 Å². The summed E-state index contributed by atoms with van der Waals surface area (Å²) in [5.41, 5.74) is 0.